The highest BCUT2D eigenvalue weighted by Crippen LogP contribution is 2.51. The summed E-state index contributed by atoms with van der Waals surface area (Å²) in [6.07, 6.45) is 2.42. The summed E-state index contributed by atoms with van der Waals surface area (Å²) < 4.78 is 29.7. The van der Waals surface area contributed by atoms with E-state index < -0.39 is 36.3 Å². The molecule has 0 aromatic carbocycles. The maximum absolute atomic E-state index is 13.1. The molecule has 2 amide bonds. The average molecular weight is 431 g/mol. The van der Waals surface area contributed by atoms with Crippen LogP contribution in [0.2, 0.25) is 0 Å². The van der Waals surface area contributed by atoms with Crippen molar-refractivity contribution in [1.82, 2.24) is 15.2 Å². The molecule has 2 unspecified atom stereocenters. The maximum atomic E-state index is 13.1. The number of alkyl halides is 2. The van der Waals surface area contributed by atoms with Gasteiger partial charge in [-0.3, -0.25) is 15.0 Å². The van der Waals surface area contributed by atoms with E-state index in [4.69, 9.17) is 15.4 Å². The summed E-state index contributed by atoms with van der Waals surface area (Å²) in [6, 6.07) is 3.24. The Labute approximate surface area is 178 Å². The fourth-order valence-electron chi connectivity index (χ4n) is 3.73. The van der Waals surface area contributed by atoms with Crippen LogP contribution in [0.5, 0.6) is 5.88 Å². The van der Waals surface area contributed by atoms with Crippen molar-refractivity contribution in [2.75, 3.05) is 19.7 Å². The van der Waals surface area contributed by atoms with E-state index in [-0.39, 0.29) is 37.0 Å². The number of halogens is 2. The van der Waals surface area contributed by atoms with Crippen molar-refractivity contribution in [3.8, 4) is 11.9 Å². The summed E-state index contributed by atoms with van der Waals surface area (Å²) in [7, 11) is 0. The van der Waals surface area contributed by atoms with Gasteiger partial charge in [-0.15, -0.1) is 0 Å². The smallest absolute Gasteiger partial charge is 0.272 e. The Bertz CT molecular complexity index is 966. The SMILES string of the molecule is Cc1cc(C(C)N2CC(C(=N)C(=O)NCCC#N)C3(C=C3)C2=O)cnc1OCC(F)F. The van der Waals surface area contributed by atoms with E-state index in [2.05, 4.69) is 10.3 Å². The number of aromatic nitrogens is 1. The van der Waals surface area contributed by atoms with Crippen LogP contribution in [0, 0.1) is 35.0 Å². The zero-order valence-corrected chi connectivity index (χ0v) is 17.2. The van der Waals surface area contributed by atoms with Crippen LogP contribution in [0.1, 0.15) is 30.5 Å². The van der Waals surface area contributed by atoms with Gasteiger partial charge in [-0.05, 0) is 25.5 Å². The Morgan fingerprint density at radius 3 is 2.81 bits per heavy atom. The van der Waals surface area contributed by atoms with Gasteiger partial charge in [-0.25, -0.2) is 13.8 Å². The third-order valence-electron chi connectivity index (χ3n) is 5.58. The first-order chi connectivity index (χ1) is 14.7. The van der Waals surface area contributed by atoms with Crippen LogP contribution in [0.3, 0.4) is 0 Å². The predicted octanol–water partition coefficient (Wildman–Crippen LogP) is 2.16. The van der Waals surface area contributed by atoms with Gasteiger partial charge < -0.3 is 15.0 Å². The Hall–Kier alpha value is -3.35. The average Bonchev–Trinajstić information content (AvgIpc) is 3.48. The number of ether oxygens (including phenoxy) is 1. The number of pyridine rings is 1. The van der Waals surface area contributed by atoms with Crippen molar-refractivity contribution in [3.63, 3.8) is 0 Å². The van der Waals surface area contributed by atoms with Gasteiger partial charge >= 0.3 is 0 Å². The van der Waals surface area contributed by atoms with Crippen LogP contribution in [-0.2, 0) is 9.59 Å². The van der Waals surface area contributed by atoms with E-state index in [0.717, 1.165) is 0 Å². The first kappa shape index (κ1) is 22.3. The molecule has 0 radical (unpaired) electrons. The van der Waals surface area contributed by atoms with Crippen LogP contribution in [-0.4, -0.2) is 53.5 Å². The second-order valence-electron chi connectivity index (χ2n) is 7.62. The topological polar surface area (TPSA) is 119 Å². The van der Waals surface area contributed by atoms with E-state index in [1.54, 1.807) is 30.0 Å². The normalized spacial score (nSPS) is 19.4. The lowest BCUT2D eigenvalue weighted by atomic mass is 9.85. The molecule has 1 aliphatic carbocycles. The van der Waals surface area contributed by atoms with Gasteiger partial charge in [0.15, 0.2) is 6.61 Å². The number of carbonyl (C=O) groups is 2. The molecule has 1 aromatic heterocycles. The highest BCUT2D eigenvalue weighted by atomic mass is 19.3. The van der Waals surface area contributed by atoms with Gasteiger partial charge in [0, 0.05) is 30.8 Å². The largest absolute Gasteiger partial charge is 0.471 e. The van der Waals surface area contributed by atoms with Crippen LogP contribution < -0.4 is 10.1 Å². The quantitative estimate of drug-likeness (QED) is 0.353. The van der Waals surface area contributed by atoms with E-state index in [1.807, 2.05) is 13.0 Å². The first-order valence-corrected chi connectivity index (χ1v) is 9.83. The zero-order chi connectivity index (χ0) is 22.8. The van der Waals surface area contributed by atoms with Crippen molar-refractivity contribution >= 4 is 17.5 Å². The molecular weight excluding hydrogens is 408 g/mol. The highest BCUT2D eigenvalue weighted by Gasteiger charge is 2.60. The first-order valence-electron chi connectivity index (χ1n) is 9.83. The summed E-state index contributed by atoms with van der Waals surface area (Å²) in [5, 5.41) is 19.4. The Kier molecular flexibility index (Phi) is 6.34. The molecule has 31 heavy (non-hydrogen) atoms. The van der Waals surface area contributed by atoms with Crippen molar-refractivity contribution < 1.29 is 23.1 Å². The minimum atomic E-state index is -2.60. The molecule has 1 fully saturated rings. The molecule has 0 saturated carbocycles. The Morgan fingerprint density at radius 1 is 1.52 bits per heavy atom. The monoisotopic (exact) mass is 431 g/mol. The lowest BCUT2D eigenvalue weighted by Gasteiger charge is -2.25. The fraction of sp³-hybridized carbons (Fsp3) is 0.476. The van der Waals surface area contributed by atoms with E-state index in [9.17, 15) is 18.4 Å². The number of amides is 2. The number of carbonyl (C=O) groups excluding carboxylic acids is 2. The molecule has 1 spiro atoms. The molecule has 1 saturated heterocycles. The van der Waals surface area contributed by atoms with Gasteiger partial charge in [0.05, 0.1) is 23.9 Å². The van der Waals surface area contributed by atoms with Crippen LogP contribution >= 0.6 is 0 Å². The highest BCUT2D eigenvalue weighted by molar-refractivity contribution is 6.39. The molecule has 10 heteroatoms. The molecule has 8 nitrogen and oxygen atoms in total. The maximum Gasteiger partial charge on any atom is 0.272 e. The van der Waals surface area contributed by atoms with Gasteiger partial charge in [0.25, 0.3) is 12.3 Å². The van der Waals surface area contributed by atoms with Crippen LogP contribution in [0.25, 0.3) is 0 Å². The standard InChI is InChI=1S/C21H23F2N5O3/c1-12-8-14(9-27-19(12)31-11-16(22)23)13(2)28-10-15(21(4-5-21)20(28)30)17(25)18(29)26-7-3-6-24/h4-5,8-9,13,15-16,25H,3,7,10-11H2,1-2H3,(H,26,29). The number of hydrogen-bond donors (Lipinski definition) is 2. The lowest BCUT2D eigenvalue weighted by molar-refractivity contribution is -0.133. The predicted molar refractivity (Wildman–Crippen MR) is 107 cm³/mol. The number of hydrogen-bond acceptors (Lipinski definition) is 6. The molecule has 164 valence electrons. The molecule has 2 atom stereocenters. The molecule has 2 N–H and O–H groups in total. The summed E-state index contributed by atoms with van der Waals surface area (Å²) in [5.41, 5.74) is 0.102. The Morgan fingerprint density at radius 2 is 2.23 bits per heavy atom. The molecule has 1 aromatic rings. The van der Waals surface area contributed by atoms with E-state index in [0.29, 0.717) is 11.1 Å². The van der Waals surface area contributed by atoms with Gasteiger partial charge in [0.2, 0.25) is 11.8 Å². The molecule has 1 aliphatic heterocycles. The number of nitrogens with zero attached hydrogens (tertiary/aromatic N) is 3. The number of rotatable bonds is 9. The molecule has 3 rings (SSSR count). The third-order valence-corrected chi connectivity index (χ3v) is 5.58. The van der Waals surface area contributed by atoms with Gasteiger partial charge in [-0.2, -0.15) is 5.26 Å². The summed E-state index contributed by atoms with van der Waals surface area (Å²) in [6.45, 7) is 3.07. The number of likely N-dealkylation sites (tertiary alicyclic amines) is 1. The summed E-state index contributed by atoms with van der Waals surface area (Å²) in [4.78, 5) is 31.1. The van der Waals surface area contributed by atoms with Crippen molar-refractivity contribution in [2.45, 2.75) is 32.7 Å². The minimum Gasteiger partial charge on any atom is -0.471 e. The number of nitriles is 1. The number of aryl methyl sites for hydroxylation is 1. The van der Waals surface area contributed by atoms with Crippen molar-refractivity contribution in [3.05, 3.63) is 35.5 Å². The fourth-order valence-corrected chi connectivity index (χ4v) is 3.73. The summed E-state index contributed by atoms with van der Waals surface area (Å²) >= 11 is 0. The zero-order valence-electron chi connectivity index (χ0n) is 17.2. The second-order valence-corrected chi connectivity index (χ2v) is 7.62. The molecule has 0 bridgehead atoms. The molecular formula is C21H23F2N5O3. The molecule has 2 heterocycles. The number of nitrogens with one attached hydrogen (secondary N) is 2. The minimum absolute atomic E-state index is 0.109. The molecule has 2 aliphatic rings. The van der Waals surface area contributed by atoms with Gasteiger partial charge in [0.1, 0.15) is 5.71 Å². The van der Waals surface area contributed by atoms with Crippen LogP contribution in [0.15, 0.2) is 24.4 Å². The van der Waals surface area contributed by atoms with Crippen molar-refractivity contribution in [1.29, 1.82) is 10.7 Å². The van der Waals surface area contributed by atoms with Crippen LogP contribution in [0.4, 0.5) is 8.78 Å². The summed E-state index contributed by atoms with van der Waals surface area (Å²) in [5.74, 6) is -1.30. The second kappa shape index (κ2) is 8.79. The lowest BCUT2D eigenvalue weighted by Crippen LogP contribution is -2.39. The Balaban J connectivity index is 1.73. The van der Waals surface area contributed by atoms with Gasteiger partial charge in [-0.1, -0.05) is 12.2 Å². The van der Waals surface area contributed by atoms with E-state index in [1.165, 1.54) is 6.20 Å². The van der Waals surface area contributed by atoms with Crippen molar-refractivity contribution in [2.24, 2.45) is 11.3 Å². The third kappa shape index (κ3) is 4.40. The van der Waals surface area contributed by atoms with E-state index >= 15 is 0 Å².